The van der Waals surface area contributed by atoms with Crippen LogP contribution in [0.1, 0.15) is 33.6 Å². The SMILES string of the molecule is NC(CNC(=O)CN1C(=O)c2ccc(Br)cc2C1=O)C1CC1. The van der Waals surface area contributed by atoms with Crippen molar-refractivity contribution < 1.29 is 14.4 Å². The number of carbonyl (C=O) groups is 3. The maximum atomic E-state index is 12.2. The van der Waals surface area contributed by atoms with Crippen molar-refractivity contribution in [2.24, 2.45) is 11.7 Å². The highest BCUT2D eigenvalue weighted by atomic mass is 79.9. The van der Waals surface area contributed by atoms with Gasteiger partial charge in [0.1, 0.15) is 6.54 Å². The minimum atomic E-state index is -0.442. The normalized spacial score (nSPS) is 18.4. The highest BCUT2D eigenvalue weighted by Gasteiger charge is 2.37. The molecule has 1 aliphatic heterocycles. The molecule has 3 N–H and O–H groups in total. The third kappa shape index (κ3) is 2.91. The third-order valence-corrected chi connectivity index (χ3v) is 4.49. The lowest BCUT2D eigenvalue weighted by atomic mass is 10.1. The fraction of sp³-hybridized carbons (Fsp3) is 0.400. The molecule has 22 heavy (non-hydrogen) atoms. The zero-order chi connectivity index (χ0) is 15.9. The van der Waals surface area contributed by atoms with E-state index in [1.807, 2.05) is 0 Å². The van der Waals surface area contributed by atoms with Gasteiger partial charge in [-0.3, -0.25) is 19.3 Å². The van der Waals surface area contributed by atoms with Crippen LogP contribution in [0.3, 0.4) is 0 Å². The van der Waals surface area contributed by atoms with Crippen molar-refractivity contribution in [1.29, 1.82) is 0 Å². The molecule has 2 aliphatic rings. The summed E-state index contributed by atoms with van der Waals surface area (Å²) in [6.45, 7) is 0.0968. The van der Waals surface area contributed by atoms with Gasteiger partial charge < -0.3 is 11.1 Å². The van der Waals surface area contributed by atoms with Crippen LogP contribution in [0.4, 0.5) is 0 Å². The number of hydrogen-bond acceptors (Lipinski definition) is 4. The molecule has 1 unspecified atom stereocenters. The van der Waals surface area contributed by atoms with Crippen LogP contribution in [0.25, 0.3) is 0 Å². The molecule has 116 valence electrons. The molecule has 1 aromatic carbocycles. The average Bonchev–Trinajstić information content (AvgIpc) is 3.30. The van der Waals surface area contributed by atoms with Crippen molar-refractivity contribution in [2.75, 3.05) is 13.1 Å². The number of nitrogens with one attached hydrogen (secondary N) is 1. The number of fused-ring (bicyclic) bond motifs is 1. The summed E-state index contributed by atoms with van der Waals surface area (Å²) in [4.78, 5) is 37.3. The molecule has 7 heteroatoms. The molecular formula is C15H16BrN3O3. The summed E-state index contributed by atoms with van der Waals surface area (Å²) in [5, 5.41) is 2.69. The van der Waals surface area contributed by atoms with Gasteiger partial charge in [-0.25, -0.2) is 0 Å². The monoisotopic (exact) mass is 365 g/mol. The zero-order valence-corrected chi connectivity index (χ0v) is 13.4. The van der Waals surface area contributed by atoms with Crippen LogP contribution in [0.15, 0.2) is 22.7 Å². The molecule has 3 amide bonds. The second kappa shape index (κ2) is 5.81. The first-order valence-corrected chi connectivity index (χ1v) is 7.94. The van der Waals surface area contributed by atoms with Crippen molar-refractivity contribution >= 4 is 33.7 Å². The van der Waals surface area contributed by atoms with Gasteiger partial charge in [-0.15, -0.1) is 0 Å². The summed E-state index contributed by atoms with van der Waals surface area (Å²) in [7, 11) is 0. The van der Waals surface area contributed by atoms with Gasteiger partial charge in [-0.1, -0.05) is 15.9 Å². The van der Waals surface area contributed by atoms with E-state index in [1.54, 1.807) is 18.2 Å². The number of carbonyl (C=O) groups excluding carboxylic acids is 3. The molecule has 6 nitrogen and oxygen atoms in total. The van der Waals surface area contributed by atoms with Crippen molar-refractivity contribution in [3.8, 4) is 0 Å². The van der Waals surface area contributed by atoms with Gasteiger partial charge in [0.25, 0.3) is 11.8 Å². The minimum absolute atomic E-state index is 0.0536. The molecule has 1 heterocycles. The molecule has 1 aromatic rings. The number of halogens is 1. The molecule has 1 atom stereocenters. The lowest BCUT2D eigenvalue weighted by Crippen LogP contribution is -2.44. The largest absolute Gasteiger partial charge is 0.353 e. The molecule has 0 bridgehead atoms. The number of benzene rings is 1. The maximum Gasteiger partial charge on any atom is 0.262 e. The van der Waals surface area contributed by atoms with Crippen LogP contribution in [-0.4, -0.2) is 41.8 Å². The number of imide groups is 1. The van der Waals surface area contributed by atoms with Crippen LogP contribution >= 0.6 is 15.9 Å². The summed E-state index contributed by atoms with van der Waals surface area (Å²) in [6, 6.07) is 4.82. The van der Waals surface area contributed by atoms with E-state index in [9.17, 15) is 14.4 Å². The second-order valence-corrected chi connectivity index (χ2v) is 6.61. The molecule has 0 radical (unpaired) electrons. The quantitative estimate of drug-likeness (QED) is 0.758. The van der Waals surface area contributed by atoms with Crippen molar-refractivity contribution in [3.63, 3.8) is 0 Å². The molecule has 3 rings (SSSR count). The third-order valence-electron chi connectivity index (χ3n) is 4.00. The van der Waals surface area contributed by atoms with Crippen LogP contribution in [0.2, 0.25) is 0 Å². The Kier molecular flexibility index (Phi) is 4.01. The van der Waals surface area contributed by atoms with E-state index in [1.165, 1.54) is 0 Å². The average molecular weight is 366 g/mol. The van der Waals surface area contributed by atoms with Gasteiger partial charge in [0.05, 0.1) is 11.1 Å². The summed E-state index contributed by atoms with van der Waals surface area (Å²) in [5.41, 5.74) is 6.56. The Labute approximate surface area is 136 Å². The van der Waals surface area contributed by atoms with Crippen molar-refractivity contribution in [2.45, 2.75) is 18.9 Å². The molecule has 0 spiro atoms. The van der Waals surface area contributed by atoms with Crippen LogP contribution in [-0.2, 0) is 4.79 Å². The summed E-state index contributed by atoms with van der Waals surface area (Å²) >= 11 is 3.27. The molecule has 1 saturated carbocycles. The van der Waals surface area contributed by atoms with Gasteiger partial charge in [0.15, 0.2) is 0 Å². The summed E-state index contributed by atoms with van der Waals surface area (Å²) in [5.74, 6) is -0.765. The predicted molar refractivity (Wildman–Crippen MR) is 83.2 cm³/mol. The van der Waals surface area contributed by atoms with Gasteiger partial charge in [-0.2, -0.15) is 0 Å². The summed E-state index contributed by atoms with van der Waals surface area (Å²) < 4.78 is 0.717. The Bertz CT molecular complexity index is 657. The van der Waals surface area contributed by atoms with Gasteiger partial charge in [-0.05, 0) is 37.0 Å². The van der Waals surface area contributed by atoms with Gasteiger partial charge in [0.2, 0.25) is 5.91 Å². The van der Waals surface area contributed by atoms with Gasteiger partial charge in [0, 0.05) is 17.1 Å². The number of rotatable bonds is 5. The number of amides is 3. The van der Waals surface area contributed by atoms with Crippen molar-refractivity contribution in [1.82, 2.24) is 10.2 Å². The highest BCUT2D eigenvalue weighted by Crippen LogP contribution is 2.31. The Morgan fingerprint density at radius 3 is 2.68 bits per heavy atom. The van der Waals surface area contributed by atoms with E-state index in [0.29, 0.717) is 28.1 Å². The first-order valence-electron chi connectivity index (χ1n) is 7.15. The molecule has 0 aromatic heterocycles. The fourth-order valence-corrected chi connectivity index (χ4v) is 2.89. The molecule has 1 aliphatic carbocycles. The Hall–Kier alpha value is -1.73. The Balaban J connectivity index is 1.62. The van der Waals surface area contributed by atoms with E-state index in [-0.39, 0.29) is 18.5 Å². The summed E-state index contributed by atoms with van der Waals surface area (Å²) in [6.07, 6.45) is 2.20. The Morgan fingerprint density at radius 2 is 2.00 bits per heavy atom. The van der Waals surface area contributed by atoms with Crippen LogP contribution < -0.4 is 11.1 Å². The molecule has 0 saturated heterocycles. The van der Waals surface area contributed by atoms with E-state index < -0.39 is 11.8 Å². The topological polar surface area (TPSA) is 92.5 Å². The minimum Gasteiger partial charge on any atom is -0.353 e. The van der Waals surface area contributed by atoms with Crippen LogP contribution in [0, 0.1) is 5.92 Å². The highest BCUT2D eigenvalue weighted by molar-refractivity contribution is 9.10. The second-order valence-electron chi connectivity index (χ2n) is 5.69. The Morgan fingerprint density at radius 1 is 1.32 bits per heavy atom. The predicted octanol–water partition coefficient (Wildman–Crippen LogP) is 0.899. The molecule has 1 fully saturated rings. The molecular weight excluding hydrogens is 350 g/mol. The fourth-order valence-electron chi connectivity index (χ4n) is 2.53. The van der Waals surface area contributed by atoms with Crippen molar-refractivity contribution in [3.05, 3.63) is 33.8 Å². The van der Waals surface area contributed by atoms with E-state index in [4.69, 9.17) is 5.73 Å². The lowest BCUT2D eigenvalue weighted by molar-refractivity contribution is -0.121. The smallest absolute Gasteiger partial charge is 0.262 e. The number of hydrogen-bond donors (Lipinski definition) is 2. The zero-order valence-electron chi connectivity index (χ0n) is 11.8. The number of nitrogens with zero attached hydrogens (tertiary/aromatic N) is 1. The number of nitrogens with two attached hydrogens (primary N) is 1. The maximum absolute atomic E-state index is 12.2. The first-order chi connectivity index (χ1) is 10.5. The lowest BCUT2D eigenvalue weighted by Gasteiger charge is -2.15. The van der Waals surface area contributed by atoms with Gasteiger partial charge >= 0.3 is 0 Å². The van der Waals surface area contributed by atoms with E-state index >= 15 is 0 Å². The standard InChI is InChI=1S/C15H16BrN3O3/c16-9-3-4-10-11(5-9)15(22)19(14(10)21)7-13(20)18-6-12(17)8-1-2-8/h3-5,8,12H,1-2,6-7,17H2,(H,18,20). The van der Waals surface area contributed by atoms with Crippen LogP contribution in [0.5, 0.6) is 0 Å². The van der Waals surface area contributed by atoms with E-state index in [2.05, 4.69) is 21.2 Å². The first kappa shape index (κ1) is 15.2. The van der Waals surface area contributed by atoms with E-state index in [0.717, 1.165) is 17.7 Å².